The van der Waals surface area contributed by atoms with Crippen LogP contribution in [0.2, 0.25) is 0 Å². The average Bonchev–Trinajstić information content (AvgIpc) is 2.54. The zero-order valence-corrected chi connectivity index (χ0v) is 16.1. The molecule has 0 aromatic heterocycles. The molecule has 0 saturated heterocycles. The molecule has 0 fully saturated rings. The summed E-state index contributed by atoms with van der Waals surface area (Å²) in [7, 11) is 0. The fourth-order valence-electron chi connectivity index (χ4n) is 2.75. The first kappa shape index (κ1) is 20.5. The zero-order valence-electron chi connectivity index (χ0n) is 16.1. The predicted molar refractivity (Wildman–Crippen MR) is 99.9 cm³/mol. The molecule has 0 aliphatic rings. The second kappa shape index (κ2) is 9.67. The van der Waals surface area contributed by atoms with E-state index >= 15 is 0 Å². The van der Waals surface area contributed by atoms with Crippen LogP contribution in [-0.4, -0.2) is 24.7 Å². The van der Waals surface area contributed by atoms with Crippen molar-refractivity contribution in [3.8, 4) is 5.75 Å². The van der Waals surface area contributed by atoms with E-state index in [1.165, 1.54) is 0 Å². The number of carbonyl (C=O) groups is 1. The molecule has 0 radical (unpaired) electrons. The summed E-state index contributed by atoms with van der Waals surface area (Å²) >= 11 is 0. The number of amides is 1. The quantitative estimate of drug-likeness (QED) is 0.653. The van der Waals surface area contributed by atoms with E-state index in [1.807, 2.05) is 39.8 Å². The zero-order chi connectivity index (χ0) is 18.2. The topological polar surface area (TPSA) is 47.6 Å². The Morgan fingerprint density at radius 2 is 1.75 bits per heavy atom. The second-order valence-electron chi connectivity index (χ2n) is 6.51. The van der Waals surface area contributed by atoms with Crippen LogP contribution in [0.4, 0.5) is 5.69 Å². The summed E-state index contributed by atoms with van der Waals surface area (Å²) in [4.78, 5) is 12.8. The molecule has 0 unspecified atom stereocenters. The summed E-state index contributed by atoms with van der Waals surface area (Å²) in [5.41, 5.74) is 2.06. The third-order valence-corrected chi connectivity index (χ3v) is 4.12. The number of rotatable bonds is 10. The highest BCUT2D eigenvalue weighted by molar-refractivity contribution is 5.97. The first-order chi connectivity index (χ1) is 11.4. The van der Waals surface area contributed by atoms with Gasteiger partial charge in [-0.3, -0.25) is 4.79 Å². The van der Waals surface area contributed by atoms with Crippen molar-refractivity contribution in [2.24, 2.45) is 0 Å². The maximum absolute atomic E-state index is 12.8. The lowest BCUT2D eigenvalue weighted by atomic mass is 9.97. The van der Waals surface area contributed by atoms with Crippen LogP contribution >= 0.6 is 0 Å². The summed E-state index contributed by atoms with van der Waals surface area (Å²) in [5, 5.41) is 3.03. The molecule has 1 aromatic rings. The Morgan fingerprint density at radius 3 is 2.25 bits per heavy atom. The van der Waals surface area contributed by atoms with Crippen LogP contribution in [0.25, 0.3) is 0 Å². The highest BCUT2D eigenvalue weighted by Crippen LogP contribution is 2.28. The van der Waals surface area contributed by atoms with Gasteiger partial charge >= 0.3 is 0 Å². The monoisotopic (exact) mass is 335 g/mol. The summed E-state index contributed by atoms with van der Waals surface area (Å²) < 4.78 is 11.6. The van der Waals surface area contributed by atoms with Gasteiger partial charge in [-0.15, -0.1) is 0 Å². The van der Waals surface area contributed by atoms with Gasteiger partial charge < -0.3 is 14.8 Å². The summed E-state index contributed by atoms with van der Waals surface area (Å²) in [6, 6.07) is 3.91. The van der Waals surface area contributed by atoms with Crippen molar-refractivity contribution in [2.45, 2.75) is 72.8 Å². The highest BCUT2D eigenvalue weighted by Gasteiger charge is 2.33. The number of hydrogen-bond donors (Lipinski definition) is 1. The molecule has 0 heterocycles. The number of hydrogen-bond acceptors (Lipinski definition) is 3. The molecular weight excluding hydrogens is 302 g/mol. The fourth-order valence-corrected chi connectivity index (χ4v) is 2.75. The van der Waals surface area contributed by atoms with Crippen LogP contribution < -0.4 is 10.1 Å². The largest absolute Gasteiger partial charge is 0.493 e. The van der Waals surface area contributed by atoms with Crippen molar-refractivity contribution in [2.75, 3.05) is 18.5 Å². The number of aryl methyl sites for hydroxylation is 2. The SMILES string of the molecule is CCCC[C@@](C)(OCCC)C(=O)Nc1cc(C)c(OCC)c(C)c1. The van der Waals surface area contributed by atoms with E-state index in [0.717, 1.165) is 48.2 Å². The Kier molecular flexibility index (Phi) is 8.26. The number of unbranched alkanes of at least 4 members (excludes halogenated alkanes) is 1. The molecule has 4 nitrogen and oxygen atoms in total. The molecule has 24 heavy (non-hydrogen) atoms. The van der Waals surface area contributed by atoms with E-state index in [0.29, 0.717) is 13.2 Å². The Hall–Kier alpha value is -1.55. The first-order valence-corrected chi connectivity index (χ1v) is 9.07. The van der Waals surface area contributed by atoms with Crippen molar-refractivity contribution in [1.29, 1.82) is 0 Å². The van der Waals surface area contributed by atoms with Gasteiger partial charge in [-0.1, -0.05) is 26.7 Å². The van der Waals surface area contributed by atoms with E-state index in [2.05, 4.69) is 19.2 Å². The van der Waals surface area contributed by atoms with E-state index in [4.69, 9.17) is 9.47 Å². The molecule has 1 atom stereocenters. The van der Waals surface area contributed by atoms with Gasteiger partial charge in [-0.2, -0.15) is 0 Å². The minimum Gasteiger partial charge on any atom is -0.493 e. The van der Waals surface area contributed by atoms with Gasteiger partial charge in [0.15, 0.2) is 0 Å². The Morgan fingerprint density at radius 1 is 1.12 bits per heavy atom. The average molecular weight is 335 g/mol. The van der Waals surface area contributed by atoms with Crippen molar-refractivity contribution < 1.29 is 14.3 Å². The standard InChI is InChI=1S/C20H33NO3/c1-7-10-11-20(6,24-12-8-2)19(22)21-17-13-15(4)18(23-9-3)16(5)14-17/h13-14H,7-12H2,1-6H3,(H,21,22)/t20-/m1/s1. The van der Waals surface area contributed by atoms with Crippen LogP contribution in [0.5, 0.6) is 5.75 Å². The van der Waals surface area contributed by atoms with Crippen LogP contribution in [0.3, 0.4) is 0 Å². The lowest BCUT2D eigenvalue weighted by Gasteiger charge is -2.29. The Bertz CT molecular complexity index is 509. The lowest BCUT2D eigenvalue weighted by molar-refractivity contribution is -0.140. The summed E-state index contributed by atoms with van der Waals surface area (Å²) in [5.74, 6) is 0.818. The van der Waals surface area contributed by atoms with Gasteiger partial charge in [-0.05, 0) is 63.8 Å². The van der Waals surface area contributed by atoms with Crippen molar-refractivity contribution in [3.05, 3.63) is 23.3 Å². The van der Waals surface area contributed by atoms with E-state index in [9.17, 15) is 4.79 Å². The number of ether oxygens (including phenoxy) is 2. The number of carbonyl (C=O) groups excluding carboxylic acids is 1. The lowest BCUT2D eigenvalue weighted by Crippen LogP contribution is -2.43. The molecule has 1 rings (SSSR count). The maximum Gasteiger partial charge on any atom is 0.256 e. The predicted octanol–water partition coefficient (Wildman–Crippen LogP) is 5.02. The Labute approximate surface area is 146 Å². The van der Waals surface area contributed by atoms with Crippen LogP contribution in [0.15, 0.2) is 12.1 Å². The van der Waals surface area contributed by atoms with E-state index in [1.54, 1.807) is 0 Å². The van der Waals surface area contributed by atoms with Gasteiger partial charge in [0.1, 0.15) is 11.4 Å². The molecule has 1 aromatic carbocycles. The minimum absolute atomic E-state index is 0.0765. The van der Waals surface area contributed by atoms with E-state index in [-0.39, 0.29) is 5.91 Å². The maximum atomic E-state index is 12.8. The molecule has 136 valence electrons. The highest BCUT2D eigenvalue weighted by atomic mass is 16.5. The molecule has 1 N–H and O–H groups in total. The molecular formula is C20H33NO3. The minimum atomic E-state index is -0.785. The van der Waals surface area contributed by atoms with Gasteiger partial charge in [0.05, 0.1) is 6.61 Å². The van der Waals surface area contributed by atoms with Crippen molar-refractivity contribution >= 4 is 11.6 Å². The number of nitrogens with one attached hydrogen (secondary N) is 1. The number of anilines is 1. The van der Waals surface area contributed by atoms with Gasteiger partial charge in [0, 0.05) is 12.3 Å². The number of benzene rings is 1. The molecule has 0 spiro atoms. The van der Waals surface area contributed by atoms with Gasteiger partial charge in [0.25, 0.3) is 5.91 Å². The Balaban J connectivity index is 2.93. The third-order valence-electron chi connectivity index (χ3n) is 4.12. The second-order valence-corrected chi connectivity index (χ2v) is 6.51. The van der Waals surface area contributed by atoms with Crippen LogP contribution in [0, 0.1) is 13.8 Å². The van der Waals surface area contributed by atoms with Crippen molar-refractivity contribution in [3.63, 3.8) is 0 Å². The molecule has 0 saturated carbocycles. The molecule has 4 heteroatoms. The molecule has 0 aliphatic heterocycles. The van der Waals surface area contributed by atoms with E-state index < -0.39 is 5.60 Å². The fraction of sp³-hybridized carbons (Fsp3) is 0.650. The summed E-state index contributed by atoms with van der Waals surface area (Å²) in [6.07, 6.45) is 3.63. The summed E-state index contributed by atoms with van der Waals surface area (Å²) in [6.45, 7) is 13.3. The van der Waals surface area contributed by atoms with Crippen LogP contribution in [0.1, 0.15) is 64.5 Å². The smallest absolute Gasteiger partial charge is 0.256 e. The van der Waals surface area contributed by atoms with Crippen molar-refractivity contribution in [1.82, 2.24) is 0 Å². The normalized spacial score (nSPS) is 13.4. The molecule has 1 amide bonds. The van der Waals surface area contributed by atoms with Gasteiger partial charge in [-0.25, -0.2) is 0 Å². The molecule has 0 bridgehead atoms. The van der Waals surface area contributed by atoms with Gasteiger partial charge in [0.2, 0.25) is 0 Å². The van der Waals surface area contributed by atoms with Crippen LogP contribution in [-0.2, 0) is 9.53 Å². The third kappa shape index (κ3) is 5.52. The molecule has 0 aliphatic carbocycles. The first-order valence-electron chi connectivity index (χ1n) is 9.07.